The second-order valence-electron chi connectivity index (χ2n) is 5.49. The highest BCUT2D eigenvalue weighted by Gasteiger charge is 2.27. The summed E-state index contributed by atoms with van der Waals surface area (Å²) in [6, 6.07) is 9.91. The van der Waals surface area contributed by atoms with Crippen molar-refractivity contribution in [3.8, 4) is 0 Å². The molecule has 5 heteroatoms. The lowest BCUT2D eigenvalue weighted by Gasteiger charge is -2.23. The molecule has 1 heterocycles. The normalized spacial score (nSPS) is 13.5. The molecule has 0 aliphatic heterocycles. The quantitative estimate of drug-likeness (QED) is 0.868. The number of hydrogen-bond acceptors (Lipinski definition) is 5. The van der Waals surface area contributed by atoms with Crippen LogP contribution in [0.1, 0.15) is 38.5 Å². The fourth-order valence-corrected chi connectivity index (χ4v) is 2.25. The molecule has 102 valence electrons. The first kappa shape index (κ1) is 14.1. The van der Waals surface area contributed by atoms with E-state index in [1.165, 1.54) is 4.90 Å². The Kier molecular flexibility index (Phi) is 4.27. The first-order valence-corrected chi connectivity index (χ1v) is 7.21. The maximum Gasteiger partial charge on any atom is 0.244 e. The van der Waals surface area contributed by atoms with Crippen LogP contribution < -0.4 is 5.73 Å². The van der Waals surface area contributed by atoms with Gasteiger partial charge in [-0.25, -0.2) is 0 Å². The molecule has 0 aliphatic rings. The van der Waals surface area contributed by atoms with Crippen LogP contribution in [0, 0.1) is 5.41 Å². The molecule has 0 spiro atoms. The van der Waals surface area contributed by atoms with Gasteiger partial charge < -0.3 is 10.3 Å². The molecule has 1 aromatic heterocycles. The van der Waals surface area contributed by atoms with Gasteiger partial charge in [-0.3, -0.25) is 0 Å². The second-order valence-corrected chi connectivity index (χ2v) is 6.54. The van der Waals surface area contributed by atoms with Crippen molar-refractivity contribution < 1.29 is 4.52 Å². The lowest BCUT2D eigenvalue weighted by molar-refractivity contribution is 0.252. The molecule has 2 N–H and O–H groups in total. The van der Waals surface area contributed by atoms with Gasteiger partial charge in [0.25, 0.3) is 0 Å². The molecule has 0 aliphatic carbocycles. The van der Waals surface area contributed by atoms with Crippen LogP contribution in [0.5, 0.6) is 0 Å². The molecule has 2 rings (SSSR count). The average Bonchev–Trinajstić information content (AvgIpc) is 2.84. The number of nitrogens with zero attached hydrogens (tertiary/aromatic N) is 2. The summed E-state index contributed by atoms with van der Waals surface area (Å²) in [5.41, 5.74) is 6.00. The number of aromatic nitrogens is 2. The monoisotopic (exact) mass is 277 g/mol. The predicted octanol–water partition coefficient (Wildman–Crippen LogP) is 3.41. The summed E-state index contributed by atoms with van der Waals surface area (Å²) in [7, 11) is 0. The minimum Gasteiger partial charge on any atom is -0.338 e. The zero-order chi connectivity index (χ0) is 13.9. The van der Waals surface area contributed by atoms with Crippen LogP contribution in [0.4, 0.5) is 0 Å². The molecular weight excluding hydrogens is 258 g/mol. The zero-order valence-electron chi connectivity index (χ0n) is 11.5. The molecule has 0 bridgehead atoms. The number of benzene rings is 1. The number of nitrogens with two attached hydrogens (primary N) is 1. The van der Waals surface area contributed by atoms with E-state index in [0.717, 1.165) is 0 Å². The van der Waals surface area contributed by atoms with Crippen LogP contribution >= 0.6 is 11.8 Å². The van der Waals surface area contributed by atoms with E-state index in [1.54, 1.807) is 11.8 Å². The Bertz CT molecular complexity index is 519. The zero-order valence-corrected chi connectivity index (χ0v) is 12.3. The van der Waals surface area contributed by atoms with Crippen LogP contribution in [0.3, 0.4) is 0 Å². The highest BCUT2D eigenvalue weighted by Crippen LogP contribution is 2.30. The number of rotatable bonds is 4. The van der Waals surface area contributed by atoms with Crippen molar-refractivity contribution in [3.05, 3.63) is 42.0 Å². The molecule has 19 heavy (non-hydrogen) atoms. The Morgan fingerprint density at radius 1 is 1.26 bits per heavy atom. The Morgan fingerprint density at radius 3 is 2.58 bits per heavy atom. The van der Waals surface area contributed by atoms with Crippen molar-refractivity contribution >= 4 is 11.8 Å². The first-order chi connectivity index (χ1) is 8.97. The highest BCUT2D eigenvalue weighted by molar-refractivity contribution is 7.98. The molecule has 0 fully saturated rings. The van der Waals surface area contributed by atoms with E-state index in [2.05, 4.69) is 43.0 Å². The third kappa shape index (κ3) is 3.81. The summed E-state index contributed by atoms with van der Waals surface area (Å²) >= 11 is 1.68. The van der Waals surface area contributed by atoms with E-state index in [-0.39, 0.29) is 11.5 Å². The van der Waals surface area contributed by atoms with E-state index in [9.17, 15) is 0 Å². The van der Waals surface area contributed by atoms with E-state index in [4.69, 9.17) is 10.3 Å². The molecule has 0 saturated carbocycles. The van der Waals surface area contributed by atoms with Gasteiger partial charge in [-0.15, -0.1) is 11.8 Å². The summed E-state index contributed by atoms with van der Waals surface area (Å²) in [5, 5.41) is 3.98. The van der Waals surface area contributed by atoms with Crippen molar-refractivity contribution in [1.29, 1.82) is 0 Å². The van der Waals surface area contributed by atoms with Gasteiger partial charge in [-0.05, 0) is 17.5 Å². The third-order valence-corrected chi connectivity index (χ3v) is 3.80. The van der Waals surface area contributed by atoms with Gasteiger partial charge in [0.15, 0.2) is 5.82 Å². The Morgan fingerprint density at radius 2 is 1.95 bits per heavy atom. The largest absolute Gasteiger partial charge is 0.338 e. The van der Waals surface area contributed by atoms with Gasteiger partial charge >= 0.3 is 0 Å². The first-order valence-electron chi connectivity index (χ1n) is 6.23. The van der Waals surface area contributed by atoms with Crippen LogP contribution in [0.2, 0.25) is 0 Å². The predicted molar refractivity (Wildman–Crippen MR) is 76.7 cm³/mol. The summed E-state index contributed by atoms with van der Waals surface area (Å²) in [4.78, 5) is 5.56. The van der Waals surface area contributed by atoms with Crippen molar-refractivity contribution in [2.24, 2.45) is 11.1 Å². The smallest absolute Gasteiger partial charge is 0.244 e. The summed E-state index contributed by atoms with van der Waals surface area (Å²) in [5.74, 6) is 1.88. The van der Waals surface area contributed by atoms with Gasteiger partial charge in [0.05, 0.1) is 11.8 Å². The minimum absolute atomic E-state index is 0.0869. The van der Waals surface area contributed by atoms with E-state index >= 15 is 0 Å². The maximum absolute atomic E-state index is 6.09. The van der Waals surface area contributed by atoms with Crippen LogP contribution in [0.15, 0.2) is 39.8 Å². The lowest BCUT2D eigenvalue weighted by Crippen LogP contribution is -2.26. The van der Waals surface area contributed by atoms with E-state index in [1.807, 2.05) is 18.2 Å². The molecule has 0 saturated heterocycles. The van der Waals surface area contributed by atoms with Gasteiger partial charge in [-0.2, -0.15) is 4.98 Å². The molecule has 0 amide bonds. The average molecular weight is 277 g/mol. The lowest BCUT2D eigenvalue weighted by atomic mass is 9.87. The van der Waals surface area contributed by atoms with Crippen molar-refractivity contribution in [1.82, 2.24) is 10.1 Å². The van der Waals surface area contributed by atoms with E-state index in [0.29, 0.717) is 17.5 Å². The minimum atomic E-state index is -0.240. The maximum atomic E-state index is 6.09. The molecule has 2 aromatic rings. The van der Waals surface area contributed by atoms with Crippen LogP contribution in [-0.2, 0) is 5.75 Å². The Balaban J connectivity index is 1.98. The van der Waals surface area contributed by atoms with Crippen LogP contribution in [0.25, 0.3) is 0 Å². The molecule has 0 radical (unpaired) electrons. The molecule has 0 unspecified atom stereocenters. The molecular formula is C14H19N3OS. The summed E-state index contributed by atoms with van der Waals surface area (Å²) in [6.07, 6.45) is 0. The number of thioether (sulfide) groups is 1. The van der Waals surface area contributed by atoms with Gasteiger partial charge in [0.2, 0.25) is 5.89 Å². The van der Waals surface area contributed by atoms with Gasteiger partial charge in [0, 0.05) is 4.90 Å². The second kappa shape index (κ2) is 5.75. The van der Waals surface area contributed by atoms with Crippen LogP contribution in [-0.4, -0.2) is 10.1 Å². The molecule has 1 aromatic carbocycles. The standard InChI is InChI=1S/C14H19N3OS/c1-14(2,3)12(15)13-16-11(17-18-13)9-19-10-7-5-4-6-8-10/h4-8,12H,9,15H2,1-3H3/t12-/m1/s1. The van der Waals surface area contributed by atoms with Crippen molar-refractivity contribution in [3.63, 3.8) is 0 Å². The highest BCUT2D eigenvalue weighted by atomic mass is 32.2. The van der Waals surface area contributed by atoms with Crippen molar-refractivity contribution in [2.45, 2.75) is 37.5 Å². The summed E-state index contributed by atoms with van der Waals surface area (Å²) in [6.45, 7) is 6.17. The SMILES string of the molecule is CC(C)(C)[C@H](N)c1nc(CSc2ccccc2)no1. The van der Waals surface area contributed by atoms with E-state index < -0.39 is 0 Å². The third-order valence-electron chi connectivity index (χ3n) is 2.79. The molecule has 1 atom stereocenters. The Hall–Kier alpha value is -1.33. The summed E-state index contributed by atoms with van der Waals surface area (Å²) < 4.78 is 5.24. The Labute approximate surface area is 117 Å². The molecule has 4 nitrogen and oxygen atoms in total. The van der Waals surface area contributed by atoms with Gasteiger partial charge in [0.1, 0.15) is 0 Å². The fourth-order valence-electron chi connectivity index (χ4n) is 1.49. The fraction of sp³-hybridized carbons (Fsp3) is 0.429. The van der Waals surface area contributed by atoms with Crippen molar-refractivity contribution in [2.75, 3.05) is 0 Å². The number of hydrogen-bond donors (Lipinski definition) is 1. The topological polar surface area (TPSA) is 64.9 Å². The van der Waals surface area contributed by atoms with Gasteiger partial charge in [-0.1, -0.05) is 44.1 Å².